The first-order valence-electron chi connectivity index (χ1n) is 19.3. The number of ether oxygens (including phenoxy) is 2. The van der Waals surface area contributed by atoms with Crippen molar-refractivity contribution in [3.05, 3.63) is 96.1 Å². The third-order valence-electron chi connectivity index (χ3n) is 12.2. The molecule has 3 N–H and O–H groups in total. The van der Waals surface area contributed by atoms with E-state index >= 15 is 0 Å². The number of carbonyl (C=O) groups excluding carboxylic acids is 3. The molecular weight excluding hydrogens is 695 g/mol. The van der Waals surface area contributed by atoms with E-state index in [0.717, 1.165) is 86.9 Å². The Balaban J connectivity index is 0.895. The molecule has 3 amide bonds. The number of nitrogens with zero attached hydrogens (tertiary/aromatic N) is 4. The lowest BCUT2D eigenvalue weighted by molar-refractivity contribution is -0.136. The molecule has 2 saturated heterocycles. The summed E-state index contributed by atoms with van der Waals surface area (Å²) >= 11 is 0. The van der Waals surface area contributed by atoms with Gasteiger partial charge in [0.2, 0.25) is 5.91 Å². The average Bonchev–Trinajstić information content (AvgIpc) is 3.85. The summed E-state index contributed by atoms with van der Waals surface area (Å²) in [5, 5.41) is 4.87. The van der Waals surface area contributed by atoms with E-state index in [2.05, 4.69) is 57.7 Å². The van der Waals surface area contributed by atoms with Gasteiger partial charge in [-0.2, -0.15) is 0 Å². The summed E-state index contributed by atoms with van der Waals surface area (Å²) < 4.78 is 10.6. The molecule has 6 aromatic rings. The monoisotopic (exact) mass is 737 g/mol. The van der Waals surface area contributed by atoms with E-state index in [1.165, 1.54) is 7.11 Å². The highest BCUT2D eigenvalue weighted by molar-refractivity contribution is 6.05. The third-order valence-corrected chi connectivity index (χ3v) is 12.2. The van der Waals surface area contributed by atoms with E-state index < -0.39 is 12.1 Å². The van der Waals surface area contributed by atoms with Gasteiger partial charge in [0.25, 0.3) is 0 Å². The van der Waals surface area contributed by atoms with Crippen LogP contribution in [0.1, 0.15) is 68.8 Å². The van der Waals surface area contributed by atoms with Crippen LogP contribution in [0, 0.1) is 17.8 Å². The third kappa shape index (κ3) is 5.86. The van der Waals surface area contributed by atoms with Crippen molar-refractivity contribution in [3.8, 4) is 11.1 Å². The van der Waals surface area contributed by atoms with Crippen molar-refractivity contribution in [1.82, 2.24) is 35.1 Å². The molecule has 4 heterocycles. The average molecular weight is 738 g/mol. The molecule has 2 saturated carbocycles. The molecule has 4 fully saturated rings. The van der Waals surface area contributed by atoms with Gasteiger partial charge in [-0.3, -0.25) is 9.69 Å². The Hall–Kier alpha value is -5.91. The van der Waals surface area contributed by atoms with E-state index in [-0.39, 0.29) is 48.7 Å². The van der Waals surface area contributed by atoms with Crippen molar-refractivity contribution in [1.29, 1.82) is 0 Å². The van der Waals surface area contributed by atoms with Crippen molar-refractivity contribution >= 4 is 50.9 Å². The van der Waals surface area contributed by atoms with Crippen LogP contribution < -0.4 is 5.32 Å². The van der Waals surface area contributed by atoms with Crippen molar-refractivity contribution in [2.24, 2.45) is 17.8 Å². The minimum atomic E-state index is -0.676. The summed E-state index contributed by atoms with van der Waals surface area (Å²) in [4.78, 5) is 60.3. The molecule has 55 heavy (non-hydrogen) atoms. The van der Waals surface area contributed by atoms with Gasteiger partial charge < -0.3 is 29.7 Å². The number of rotatable bonds is 8. The Labute approximate surface area is 317 Å². The number of imidazole rings is 2. The zero-order valence-corrected chi connectivity index (χ0v) is 31.0. The fraction of sp³-hybridized carbons (Fsp3) is 0.372. The predicted molar refractivity (Wildman–Crippen MR) is 207 cm³/mol. The number of aromatic amines is 2. The first-order valence-corrected chi connectivity index (χ1v) is 19.3. The molecule has 0 bridgehead atoms. The maximum atomic E-state index is 13.9. The lowest BCUT2D eigenvalue weighted by atomic mass is 10.0. The van der Waals surface area contributed by atoms with Crippen LogP contribution >= 0.6 is 0 Å². The van der Waals surface area contributed by atoms with Crippen molar-refractivity contribution in [3.63, 3.8) is 0 Å². The number of likely N-dealkylation sites (tertiary alicyclic amines) is 2. The quantitative estimate of drug-likeness (QED) is 0.145. The Morgan fingerprint density at radius 1 is 0.800 bits per heavy atom. The van der Waals surface area contributed by atoms with Gasteiger partial charge in [0, 0.05) is 17.5 Å². The fourth-order valence-corrected chi connectivity index (χ4v) is 9.16. The maximum Gasteiger partial charge on any atom is 0.410 e. The van der Waals surface area contributed by atoms with Crippen molar-refractivity contribution in [2.45, 2.75) is 76.3 Å². The molecule has 280 valence electrons. The van der Waals surface area contributed by atoms with Gasteiger partial charge in [-0.05, 0) is 89.8 Å². The largest absolute Gasteiger partial charge is 0.453 e. The zero-order chi connectivity index (χ0) is 37.5. The highest BCUT2D eigenvalue weighted by Crippen LogP contribution is 2.54. The van der Waals surface area contributed by atoms with Crippen LogP contribution in [0.15, 0.2) is 78.9 Å². The second-order valence-corrected chi connectivity index (χ2v) is 16.1. The van der Waals surface area contributed by atoms with Gasteiger partial charge in [0.15, 0.2) is 0 Å². The highest BCUT2D eigenvalue weighted by atomic mass is 16.6. The SMILES string of the molecule is COC(=O)N[C@H](C(=O)N1[C@@H]2C[C@@H]2C[C@H]1c1nc2ccc(-c3ccc4c(ccc5[nH]c([C@@H]6C[C@H]7C[C@H]7N6C(=O)OCc6ccccc6)nc54)c3)cc2[nH]1)C(C)C. The molecule has 0 unspecified atom stereocenters. The first-order chi connectivity index (χ1) is 26.7. The molecule has 12 heteroatoms. The molecule has 0 radical (unpaired) electrons. The first kappa shape index (κ1) is 33.6. The van der Waals surface area contributed by atoms with Gasteiger partial charge in [-0.25, -0.2) is 19.6 Å². The summed E-state index contributed by atoms with van der Waals surface area (Å²) in [7, 11) is 1.31. The topological polar surface area (TPSA) is 146 Å². The van der Waals surface area contributed by atoms with E-state index in [1.54, 1.807) is 0 Å². The minimum Gasteiger partial charge on any atom is -0.453 e. The number of carbonyl (C=O) groups is 3. The molecule has 4 aromatic carbocycles. The minimum absolute atomic E-state index is 0.0932. The number of methoxy groups -OCH3 is 1. The van der Waals surface area contributed by atoms with Crippen LogP contribution in [0.4, 0.5) is 9.59 Å². The van der Waals surface area contributed by atoms with E-state index in [0.29, 0.717) is 11.8 Å². The number of piperidine rings is 2. The second-order valence-electron chi connectivity index (χ2n) is 16.1. The zero-order valence-electron chi connectivity index (χ0n) is 31.0. The summed E-state index contributed by atoms with van der Waals surface area (Å²) in [6.45, 7) is 4.11. The number of nitrogens with one attached hydrogen (secondary N) is 3. The summed E-state index contributed by atoms with van der Waals surface area (Å²) in [5.41, 5.74) is 6.66. The predicted octanol–water partition coefficient (Wildman–Crippen LogP) is 7.77. The van der Waals surface area contributed by atoms with Crippen LogP contribution in [0.2, 0.25) is 0 Å². The van der Waals surface area contributed by atoms with E-state index in [1.807, 2.05) is 60.0 Å². The lowest BCUT2D eigenvalue weighted by Gasteiger charge is -2.31. The Kier molecular flexibility index (Phi) is 7.86. The molecular formula is C43H43N7O5. The molecule has 10 rings (SSSR count). The second kappa shape index (κ2) is 12.9. The van der Waals surface area contributed by atoms with Gasteiger partial charge in [0.1, 0.15) is 24.3 Å². The number of hydrogen-bond donors (Lipinski definition) is 3. The van der Waals surface area contributed by atoms with Gasteiger partial charge in [0.05, 0.1) is 41.3 Å². The van der Waals surface area contributed by atoms with Crippen molar-refractivity contribution < 1.29 is 23.9 Å². The number of hydrogen-bond acceptors (Lipinski definition) is 7. The smallest absolute Gasteiger partial charge is 0.410 e. The Morgan fingerprint density at radius 3 is 2.25 bits per heavy atom. The van der Waals surface area contributed by atoms with Gasteiger partial charge in [-0.1, -0.05) is 68.4 Å². The van der Waals surface area contributed by atoms with Crippen LogP contribution in [-0.2, 0) is 20.9 Å². The van der Waals surface area contributed by atoms with E-state index in [9.17, 15) is 14.4 Å². The Bertz CT molecular complexity index is 2490. The van der Waals surface area contributed by atoms with E-state index in [4.69, 9.17) is 19.4 Å². The standard InChI is InChI=1S/C43H43N7O5/c1-22(2)37(48-42(52)54-3)41(51)49-33-17-27(33)19-35(49)39-44-30-13-10-25(16-32(30)46-39)24-9-12-29-26(15-24)11-14-31-38(29)47-40(45-31)36-20-28-18-34(28)50(36)43(53)55-21-23-7-5-4-6-8-23/h4-16,22,27-28,33-37H,17-21H2,1-3H3,(H,44,46)(H,45,47)(H,48,52)/t27-,28-,33-,34-,35+,36+,37+/m1/s1. The summed E-state index contributed by atoms with van der Waals surface area (Å²) in [5.74, 6) is 2.32. The van der Waals surface area contributed by atoms with Crippen LogP contribution in [-0.4, -0.2) is 73.1 Å². The molecule has 2 aliphatic carbocycles. The number of amides is 3. The highest BCUT2D eigenvalue weighted by Gasteiger charge is 2.57. The fourth-order valence-electron chi connectivity index (χ4n) is 9.16. The summed E-state index contributed by atoms with van der Waals surface area (Å²) in [6.07, 6.45) is 2.83. The number of benzene rings is 4. The molecule has 12 nitrogen and oxygen atoms in total. The molecule has 4 aliphatic rings. The van der Waals surface area contributed by atoms with Crippen LogP contribution in [0.3, 0.4) is 0 Å². The molecule has 2 aliphatic heterocycles. The molecule has 7 atom stereocenters. The van der Waals surface area contributed by atoms with Crippen molar-refractivity contribution in [2.75, 3.05) is 7.11 Å². The number of aromatic nitrogens is 4. The number of fused-ring (bicyclic) bond motifs is 6. The number of alkyl carbamates (subject to hydrolysis) is 1. The Morgan fingerprint density at radius 2 is 1.49 bits per heavy atom. The normalized spacial score (nSPS) is 24.3. The van der Waals surface area contributed by atoms with Crippen LogP contribution in [0.5, 0.6) is 0 Å². The molecule has 0 spiro atoms. The lowest BCUT2D eigenvalue weighted by Crippen LogP contribution is -2.52. The number of H-pyrrole nitrogens is 2. The maximum absolute atomic E-state index is 13.9. The van der Waals surface area contributed by atoms with Gasteiger partial charge >= 0.3 is 12.2 Å². The van der Waals surface area contributed by atoms with Crippen LogP contribution in [0.25, 0.3) is 44.0 Å². The summed E-state index contributed by atoms with van der Waals surface area (Å²) in [6, 6.07) is 26.0. The van der Waals surface area contributed by atoms with Gasteiger partial charge in [-0.15, -0.1) is 0 Å². The molecule has 2 aromatic heterocycles.